The van der Waals surface area contributed by atoms with E-state index >= 15 is 0 Å². The number of rotatable bonds is 9. The minimum atomic E-state index is -1.13. The average molecular weight is 324 g/mol. The summed E-state index contributed by atoms with van der Waals surface area (Å²) >= 11 is 0. The number of hydrogen-bond acceptors (Lipinski definition) is 3. The van der Waals surface area contributed by atoms with Crippen molar-refractivity contribution in [3.05, 3.63) is 12.2 Å². The highest BCUT2D eigenvalue weighted by Gasteiger charge is 2.39. The van der Waals surface area contributed by atoms with Crippen molar-refractivity contribution < 1.29 is 19.4 Å². The van der Waals surface area contributed by atoms with Gasteiger partial charge in [-0.1, -0.05) is 46.0 Å². The van der Waals surface area contributed by atoms with Gasteiger partial charge < -0.3 is 9.84 Å². The van der Waals surface area contributed by atoms with E-state index in [-0.39, 0.29) is 0 Å². The van der Waals surface area contributed by atoms with Crippen LogP contribution in [-0.4, -0.2) is 22.6 Å². The van der Waals surface area contributed by atoms with E-state index in [4.69, 9.17) is 9.84 Å². The van der Waals surface area contributed by atoms with E-state index in [0.29, 0.717) is 5.92 Å². The second kappa shape index (κ2) is 9.74. The fraction of sp³-hybridized carbons (Fsp3) is 0.789. The predicted octanol–water partition coefficient (Wildman–Crippen LogP) is 4.73. The van der Waals surface area contributed by atoms with Gasteiger partial charge in [-0.3, -0.25) is 0 Å². The van der Waals surface area contributed by atoms with Crippen LogP contribution >= 0.6 is 0 Å². The van der Waals surface area contributed by atoms with Crippen molar-refractivity contribution >= 4 is 11.9 Å². The molecule has 0 radical (unpaired) electrons. The van der Waals surface area contributed by atoms with Crippen LogP contribution in [0.1, 0.15) is 78.6 Å². The van der Waals surface area contributed by atoms with Gasteiger partial charge in [-0.15, -0.1) is 0 Å². The molecule has 1 N–H and O–H groups in total. The van der Waals surface area contributed by atoms with E-state index in [9.17, 15) is 9.59 Å². The van der Waals surface area contributed by atoms with E-state index in [1.807, 2.05) is 6.92 Å². The van der Waals surface area contributed by atoms with Gasteiger partial charge in [0.1, 0.15) is 5.60 Å². The number of unbranched alkanes of at least 4 members (excludes halogenated alkanes) is 1. The molecule has 1 rings (SSSR count). The molecule has 1 atom stereocenters. The Morgan fingerprint density at radius 2 is 1.78 bits per heavy atom. The zero-order chi connectivity index (χ0) is 17.3. The molecule has 0 amide bonds. The van der Waals surface area contributed by atoms with E-state index < -0.39 is 17.5 Å². The molecule has 0 aromatic rings. The van der Waals surface area contributed by atoms with Crippen molar-refractivity contribution in [1.29, 1.82) is 0 Å². The molecule has 0 bridgehead atoms. The van der Waals surface area contributed by atoms with Gasteiger partial charge in [0.2, 0.25) is 0 Å². The molecule has 0 aromatic carbocycles. The standard InChI is InChI=1S/C19H32O4/c1-4-6-14-19(3,23-18(22)13-12-17(20)21)16-10-8-15(7-5-2)9-11-16/h12-13,15-16H,4-11,14H2,1-3H3,(H,20,21)/b13-12+. The first kappa shape index (κ1) is 19.7. The summed E-state index contributed by atoms with van der Waals surface area (Å²) in [5.41, 5.74) is -0.479. The lowest BCUT2D eigenvalue weighted by Crippen LogP contribution is -2.41. The van der Waals surface area contributed by atoms with E-state index in [1.54, 1.807) is 0 Å². The molecule has 1 saturated carbocycles. The Labute approximate surface area is 140 Å². The maximum absolute atomic E-state index is 12.0. The smallest absolute Gasteiger partial charge is 0.331 e. The van der Waals surface area contributed by atoms with Crippen LogP contribution in [0.15, 0.2) is 12.2 Å². The van der Waals surface area contributed by atoms with E-state index in [0.717, 1.165) is 50.2 Å². The van der Waals surface area contributed by atoms with Crippen molar-refractivity contribution in [1.82, 2.24) is 0 Å². The lowest BCUT2D eigenvalue weighted by atomic mass is 9.71. The molecular formula is C19H32O4. The second-order valence-corrected chi connectivity index (χ2v) is 7.02. The van der Waals surface area contributed by atoms with Gasteiger partial charge in [-0.05, 0) is 44.4 Å². The zero-order valence-corrected chi connectivity index (χ0v) is 14.8. The third kappa shape index (κ3) is 6.76. The Morgan fingerprint density at radius 1 is 1.13 bits per heavy atom. The molecule has 0 saturated heterocycles. The SMILES string of the molecule is CCCCC(C)(OC(=O)/C=C/C(=O)O)C1CCC(CCC)CC1. The summed E-state index contributed by atoms with van der Waals surface area (Å²) < 4.78 is 5.74. The lowest BCUT2D eigenvalue weighted by molar-refractivity contribution is -0.161. The monoisotopic (exact) mass is 324 g/mol. The van der Waals surface area contributed by atoms with Gasteiger partial charge in [0.25, 0.3) is 0 Å². The highest BCUT2D eigenvalue weighted by Crippen LogP contribution is 2.41. The van der Waals surface area contributed by atoms with Crippen molar-refractivity contribution in [2.24, 2.45) is 11.8 Å². The Balaban J connectivity index is 2.70. The summed E-state index contributed by atoms with van der Waals surface area (Å²) in [6, 6.07) is 0. The van der Waals surface area contributed by atoms with Gasteiger partial charge in [-0.2, -0.15) is 0 Å². The molecule has 1 aliphatic rings. The van der Waals surface area contributed by atoms with Crippen LogP contribution in [-0.2, 0) is 14.3 Å². The lowest BCUT2D eigenvalue weighted by Gasteiger charge is -2.41. The number of hydrogen-bond donors (Lipinski definition) is 1. The summed E-state index contributed by atoms with van der Waals surface area (Å²) in [5.74, 6) is -0.474. The summed E-state index contributed by atoms with van der Waals surface area (Å²) in [4.78, 5) is 22.5. The molecule has 132 valence electrons. The quantitative estimate of drug-likeness (QED) is 0.492. The second-order valence-electron chi connectivity index (χ2n) is 7.02. The molecule has 0 spiro atoms. The summed E-state index contributed by atoms with van der Waals surface area (Å²) in [6.45, 7) is 6.39. The minimum Gasteiger partial charge on any atom is -0.478 e. The largest absolute Gasteiger partial charge is 0.478 e. The molecule has 1 aliphatic carbocycles. The average Bonchev–Trinajstić information content (AvgIpc) is 2.52. The predicted molar refractivity (Wildman–Crippen MR) is 91.2 cm³/mol. The van der Waals surface area contributed by atoms with Crippen LogP contribution in [0.5, 0.6) is 0 Å². The molecule has 4 heteroatoms. The van der Waals surface area contributed by atoms with Crippen LogP contribution in [0.3, 0.4) is 0 Å². The van der Waals surface area contributed by atoms with Crippen molar-refractivity contribution in [3.63, 3.8) is 0 Å². The number of aliphatic carboxylic acids is 1. The maximum Gasteiger partial charge on any atom is 0.331 e. The van der Waals surface area contributed by atoms with Crippen molar-refractivity contribution in [2.45, 2.75) is 84.2 Å². The Bertz CT molecular complexity index is 408. The molecule has 4 nitrogen and oxygen atoms in total. The highest BCUT2D eigenvalue weighted by molar-refractivity contribution is 5.90. The maximum atomic E-state index is 12.0. The van der Waals surface area contributed by atoms with Crippen molar-refractivity contribution in [3.8, 4) is 0 Å². The molecule has 0 heterocycles. The van der Waals surface area contributed by atoms with Crippen molar-refractivity contribution in [2.75, 3.05) is 0 Å². The molecule has 23 heavy (non-hydrogen) atoms. The molecule has 0 aromatic heterocycles. The van der Waals surface area contributed by atoms with Gasteiger partial charge >= 0.3 is 11.9 Å². The number of carboxylic acid groups (broad SMARTS) is 1. The van der Waals surface area contributed by atoms with Gasteiger partial charge in [-0.25, -0.2) is 9.59 Å². The molecule has 1 fully saturated rings. The van der Waals surface area contributed by atoms with Crippen LogP contribution < -0.4 is 0 Å². The first-order valence-electron chi connectivity index (χ1n) is 9.05. The fourth-order valence-corrected chi connectivity index (χ4v) is 3.74. The number of carboxylic acids is 1. The van der Waals surface area contributed by atoms with E-state index in [1.165, 1.54) is 25.7 Å². The third-order valence-corrected chi connectivity index (χ3v) is 5.13. The number of ether oxygens (including phenoxy) is 1. The molecule has 1 unspecified atom stereocenters. The summed E-state index contributed by atoms with van der Waals surface area (Å²) in [7, 11) is 0. The van der Waals surface area contributed by atoms with Gasteiger partial charge in [0, 0.05) is 12.2 Å². The Morgan fingerprint density at radius 3 is 2.30 bits per heavy atom. The zero-order valence-electron chi connectivity index (χ0n) is 14.8. The number of carbonyl (C=O) groups is 2. The number of carbonyl (C=O) groups excluding carboxylic acids is 1. The highest BCUT2D eigenvalue weighted by atomic mass is 16.6. The summed E-state index contributed by atoms with van der Waals surface area (Å²) in [6.07, 6.45) is 11.9. The topological polar surface area (TPSA) is 63.6 Å². The van der Waals surface area contributed by atoms with Crippen LogP contribution in [0, 0.1) is 11.8 Å². The minimum absolute atomic E-state index is 0.379. The third-order valence-electron chi connectivity index (χ3n) is 5.13. The van der Waals surface area contributed by atoms with E-state index in [2.05, 4.69) is 13.8 Å². The number of esters is 1. The molecule has 0 aliphatic heterocycles. The van der Waals surface area contributed by atoms with Crippen LogP contribution in [0.25, 0.3) is 0 Å². The van der Waals surface area contributed by atoms with Gasteiger partial charge in [0.05, 0.1) is 0 Å². The normalized spacial score (nSPS) is 24.3. The van der Waals surface area contributed by atoms with Crippen LogP contribution in [0.4, 0.5) is 0 Å². The van der Waals surface area contributed by atoms with Gasteiger partial charge in [0.15, 0.2) is 0 Å². The fourth-order valence-electron chi connectivity index (χ4n) is 3.74. The van der Waals surface area contributed by atoms with Crippen LogP contribution in [0.2, 0.25) is 0 Å². The first-order chi connectivity index (χ1) is 10.9. The first-order valence-corrected chi connectivity index (χ1v) is 9.05. The summed E-state index contributed by atoms with van der Waals surface area (Å²) in [5, 5.41) is 8.64. The Hall–Kier alpha value is -1.32. The molecular weight excluding hydrogens is 292 g/mol. The Kier molecular flexibility index (Phi) is 8.35.